The molecule has 0 aromatic rings. The molecule has 0 aliphatic heterocycles. The van der Waals surface area contributed by atoms with Gasteiger partial charge in [-0.3, -0.25) is 4.99 Å². The molecular formula is C9H15N. The highest BCUT2D eigenvalue weighted by atomic mass is 14.7. The van der Waals surface area contributed by atoms with Crippen molar-refractivity contribution in [2.75, 3.05) is 0 Å². The van der Waals surface area contributed by atoms with Gasteiger partial charge in [-0.05, 0) is 26.3 Å². The zero-order valence-electron chi connectivity index (χ0n) is 6.96. The smallest absolute Gasteiger partial charge is 0.0266 e. The van der Waals surface area contributed by atoms with Crippen molar-refractivity contribution in [1.29, 1.82) is 0 Å². The molecule has 56 valence electrons. The fourth-order valence-electron chi connectivity index (χ4n) is 0.422. The molecular weight excluding hydrogens is 122 g/mol. The van der Waals surface area contributed by atoms with E-state index in [9.17, 15) is 0 Å². The summed E-state index contributed by atoms with van der Waals surface area (Å²) in [5.41, 5.74) is 1.17. The molecule has 10 heavy (non-hydrogen) atoms. The molecule has 0 saturated heterocycles. The van der Waals surface area contributed by atoms with Gasteiger partial charge in [0, 0.05) is 11.9 Å². The molecule has 0 radical (unpaired) electrons. The highest BCUT2D eigenvalue weighted by Crippen LogP contribution is 1.85. The molecule has 0 aromatic carbocycles. The molecule has 0 bridgehead atoms. The Labute approximate surface area is 63.2 Å². The minimum Gasteiger partial charge on any atom is -0.266 e. The second-order valence-electron chi connectivity index (χ2n) is 2.09. The van der Waals surface area contributed by atoms with Crippen molar-refractivity contribution in [3.05, 3.63) is 24.4 Å². The summed E-state index contributed by atoms with van der Waals surface area (Å²) in [6, 6.07) is 0. The van der Waals surface area contributed by atoms with E-state index in [1.54, 1.807) is 0 Å². The van der Waals surface area contributed by atoms with E-state index < -0.39 is 0 Å². The van der Waals surface area contributed by atoms with Gasteiger partial charge in [-0.15, -0.1) is 0 Å². The van der Waals surface area contributed by atoms with Crippen LogP contribution in [0.4, 0.5) is 0 Å². The highest BCUT2D eigenvalue weighted by Gasteiger charge is 1.77. The number of allylic oxidation sites excluding steroid dienone is 3. The van der Waals surface area contributed by atoms with Crippen molar-refractivity contribution in [1.82, 2.24) is 0 Å². The number of aliphatic imine (C=N–C) groups is 1. The van der Waals surface area contributed by atoms with Gasteiger partial charge in [-0.25, -0.2) is 0 Å². The van der Waals surface area contributed by atoms with Gasteiger partial charge < -0.3 is 0 Å². The molecule has 0 N–H and O–H groups in total. The molecule has 0 unspecified atom stereocenters. The Balaban J connectivity index is 3.70. The summed E-state index contributed by atoms with van der Waals surface area (Å²) in [6.45, 7) is 6.11. The van der Waals surface area contributed by atoms with E-state index in [0.29, 0.717) is 0 Å². The quantitative estimate of drug-likeness (QED) is 0.419. The van der Waals surface area contributed by atoms with Crippen LogP contribution in [0.3, 0.4) is 0 Å². The third-order valence-corrected chi connectivity index (χ3v) is 1.20. The largest absolute Gasteiger partial charge is 0.266 e. The fraction of sp³-hybridized carbons (Fsp3) is 0.444. The third-order valence-electron chi connectivity index (χ3n) is 1.20. The van der Waals surface area contributed by atoms with Crippen molar-refractivity contribution in [2.45, 2.75) is 27.2 Å². The van der Waals surface area contributed by atoms with E-state index in [1.807, 2.05) is 38.3 Å². The van der Waals surface area contributed by atoms with Crippen LogP contribution in [0.5, 0.6) is 0 Å². The fourth-order valence-corrected chi connectivity index (χ4v) is 0.422. The predicted octanol–water partition coefficient (Wildman–Crippen LogP) is 2.95. The van der Waals surface area contributed by atoms with Gasteiger partial charge in [0.2, 0.25) is 0 Å². The van der Waals surface area contributed by atoms with Gasteiger partial charge in [-0.1, -0.05) is 19.1 Å². The molecule has 0 aromatic heterocycles. The van der Waals surface area contributed by atoms with Crippen molar-refractivity contribution < 1.29 is 0 Å². The van der Waals surface area contributed by atoms with Gasteiger partial charge in [0.15, 0.2) is 0 Å². The number of hydrogen-bond acceptors (Lipinski definition) is 1. The molecule has 0 heterocycles. The number of hydrogen-bond donors (Lipinski definition) is 0. The maximum atomic E-state index is 4.16. The summed E-state index contributed by atoms with van der Waals surface area (Å²) in [7, 11) is 0. The van der Waals surface area contributed by atoms with Crippen LogP contribution in [0, 0.1) is 0 Å². The standard InChI is InChI=1S/C9H15N/c1-4-6-7-8-10-9(3)5-2/h4,6-8H,5H2,1-3H3/b6-4-,8-7-,10-9?. The lowest BCUT2D eigenvalue weighted by Crippen LogP contribution is -1.83. The number of nitrogens with zero attached hydrogens (tertiary/aromatic N) is 1. The van der Waals surface area contributed by atoms with Gasteiger partial charge in [-0.2, -0.15) is 0 Å². The summed E-state index contributed by atoms with van der Waals surface area (Å²) >= 11 is 0. The summed E-state index contributed by atoms with van der Waals surface area (Å²) in [4.78, 5) is 4.16. The maximum absolute atomic E-state index is 4.16. The molecule has 0 aliphatic rings. The SMILES string of the molecule is C/C=C\C=C/N=C(C)CC. The first-order chi connectivity index (χ1) is 4.81. The van der Waals surface area contributed by atoms with Crippen LogP contribution in [0.25, 0.3) is 0 Å². The van der Waals surface area contributed by atoms with Crippen LogP contribution in [-0.2, 0) is 0 Å². The van der Waals surface area contributed by atoms with Crippen LogP contribution in [0.15, 0.2) is 29.4 Å². The van der Waals surface area contributed by atoms with Crippen LogP contribution in [-0.4, -0.2) is 5.71 Å². The van der Waals surface area contributed by atoms with Crippen molar-refractivity contribution >= 4 is 5.71 Å². The normalized spacial score (nSPS) is 13.7. The minimum atomic E-state index is 1.03. The zero-order valence-corrected chi connectivity index (χ0v) is 6.96. The molecule has 0 rings (SSSR count). The Hall–Kier alpha value is -0.850. The third kappa shape index (κ3) is 5.29. The molecule has 0 saturated carbocycles. The lowest BCUT2D eigenvalue weighted by atomic mass is 10.3. The summed E-state index contributed by atoms with van der Waals surface area (Å²) in [5, 5.41) is 0. The lowest BCUT2D eigenvalue weighted by molar-refractivity contribution is 1.25. The average molecular weight is 137 g/mol. The topological polar surface area (TPSA) is 12.4 Å². The first-order valence-electron chi connectivity index (χ1n) is 3.62. The molecule has 0 fully saturated rings. The van der Waals surface area contributed by atoms with Crippen LogP contribution < -0.4 is 0 Å². The molecule has 0 amide bonds. The monoisotopic (exact) mass is 137 g/mol. The predicted molar refractivity (Wildman–Crippen MR) is 47.4 cm³/mol. The maximum Gasteiger partial charge on any atom is 0.0266 e. The molecule has 0 atom stereocenters. The lowest BCUT2D eigenvalue weighted by Gasteiger charge is -1.86. The van der Waals surface area contributed by atoms with Crippen LogP contribution in [0.1, 0.15) is 27.2 Å². The van der Waals surface area contributed by atoms with Crippen LogP contribution >= 0.6 is 0 Å². The first kappa shape index (κ1) is 9.15. The summed E-state index contributed by atoms with van der Waals surface area (Å²) in [5.74, 6) is 0. The summed E-state index contributed by atoms with van der Waals surface area (Å²) in [6.07, 6.45) is 8.72. The van der Waals surface area contributed by atoms with E-state index in [4.69, 9.17) is 0 Å². The van der Waals surface area contributed by atoms with Crippen molar-refractivity contribution in [3.8, 4) is 0 Å². The second kappa shape index (κ2) is 6.27. The average Bonchev–Trinajstić information content (AvgIpc) is 1.98. The first-order valence-corrected chi connectivity index (χ1v) is 3.62. The van der Waals surface area contributed by atoms with Gasteiger partial charge in [0.1, 0.15) is 0 Å². The van der Waals surface area contributed by atoms with Gasteiger partial charge in [0.25, 0.3) is 0 Å². The molecule has 0 aliphatic carbocycles. The van der Waals surface area contributed by atoms with E-state index in [1.165, 1.54) is 5.71 Å². The second-order valence-corrected chi connectivity index (χ2v) is 2.09. The van der Waals surface area contributed by atoms with E-state index >= 15 is 0 Å². The van der Waals surface area contributed by atoms with E-state index in [2.05, 4.69) is 11.9 Å². The van der Waals surface area contributed by atoms with Crippen molar-refractivity contribution in [3.63, 3.8) is 0 Å². The minimum absolute atomic E-state index is 1.03. The molecule has 1 heteroatoms. The van der Waals surface area contributed by atoms with Crippen molar-refractivity contribution in [2.24, 2.45) is 4.99 Å². The Kier molecular flexibility index (Phi) is 5.74. The van der Waals surface area contributed by atoms with Gasteiger partial charge in [0.05, 0.1) is 0 Å². The number of rotatable bonds is 3. The summed E-state index contributed by atoms with van der Waals surface area (Å²) < 4.78 is 0. The molecule has 1 nitrogen and oxygen atoms in total. The van der Waals surface area contributed by atoms with Gasteiger partial charge >= 0.3 is 0 Å². The van der Waals surface area contributed by atoms with Crippen LogP contribution in [0.2, 0.25) is 0 Å². The van der Waals surface area contributed by atoms with E-state index in [0.717, 1.165) is 6.42 Å². The highest BCUT2D eigenvalue weighted by molar-refractivity contribution is 5.82. The Morgan fingerprint density at radius 1 is 1.40 bits per heavy atom. The molecule has 0 spiro atoms. The Bertz CT molecular complexity index is 152. The Morgan fingerprint density at radius 2 is 2.10 bits per heavy atom. The van der Waals surface area contributed by atoms with E-state index in [-0.39, 0.29) is 0 Å². The zero-order chi connectivity index (χ0) is 7.82. The Morgan fingerprint density at radius 3 is 2.60 bits per heavy atom.